The van der Waals surface area contributed by atoms with E-state index in [0.29, 0.717) is 0 Å². The summed E-state index contributed by atoms with van der Waals surface area (Å²) in [6.07, 6.45) is 1.14. The average molecular weight is 166 g/mol. The van der Waals surface area contributed by atoms with Gasteiger partial charge in [-0.25, -0.2) is 4.79 Å². The zero-order valence-electron chi connectivity index (χ0n) is 4.98. The number of hydrogen-bond acceptors (Lipinski definition) is 4. The molecule has 0 spiro atoms. The highest BCUT2D eigenvalue weighted by Crippen LogP contribution is 1.93. The van der Waals surface area contributed by atoms with Crippen molar-refractivity contribution in [3.63, 3.8) is 0 Å². The molecule has 58 valence electrons. The molecular formula is C4H6O5S. The lowest BCUT2D eigenvalue weighted by Gasteiger charge is -1.94. The molecule has 5 nitrogen and oxygen atoms in total. The second-order valence-electron chi connectivity index (χ2n) is 1.29. The molecule has 1 N–H and O–H groups in total. The van der Waals surface area contributed by atoms with E-state index in [4.69, 9.17) is 5.11 Å². The first-order chi connectivity index (χ1) is 4.50. The number of hydrogen-bond donors (Lipinski definition) is 1. The highest BCUT2D eigenvalue weighted by atomic mass is 32.2. The molecule has 0 aromatic carbocycles. The third-order valence-corrected chi connectivity index (χ3v) is 1.43. The highest BCUT2D eigenvalue weighted by molar-refractivity contribution is 8.01. The number of carbonyl (C=O) groups is 1. The van der Waals surface area contributed by atoms with Gasteiger partial charge in [-0.2, -0.15) is 8.42 Å². The molecule has 0 aliphatic rings. The van der Waals surface area contributed by atoms with Crippen molar-refractivity contribution in [2.24, 2.45) is 0 Å². The van der Waals surface area contributed by atoms with Gasteiger partial charge < -0.3 is 5.11 Å². The molecule has 0 aliphatic heterocycles. The fraction of sp³-hybridized carbons (Fsp3) is 0.250. The summed E-state index contributed by atoms with van der Waals surface area (Å²) < 4.78 is 24.3. The van der Waals surface area contributed by atoms with E-state index < -0.39 is 15.4 Å². The third-order valence-electron chi connectivity index (χ3n) is 0.555. The van der Waals surface area contributed by atoms with Crippen LogP contribution in [0.3, 0.4) is 0 Å². The Labute approximate surface area is 58.0 Å². The van der Waals surface area contributed by atoms with Crippen molar-refractivity contribution in [1.82, 2.24) is 0 Å². The maximum atomic E-state index is 10.2. The van der Waals surface area contributed by atoms with Crippen molar-refractivity contribution in [3.05, 3.63) is 12.7 Å². The summed E-state index contributed by atoms with van der Waals surface area (Å²) in [5, 5.41) is 5.93. The Kier molecular flexibility index (Phi) is 3.04. The normalized spacial score (nSPS) is 10.8. The molecule has 10 heavy (non-hydrogen) atoms. The zero-order chi connectivity index (χ0) is 8.20. The summed E-state index contributed by atoms with van der Waals surface area (Å²) in [4.78, 5) is 9.78. The molecule has 0 aromatic rings. The SMILES string of the molecule is C=CCOS(=O)(=O)C(=O)O. The van der Waals surface area contributed by atoms with Crippen molar-refractivity contribution < 1.29 is 22.5 Å². The molecule has 0 saturated carbocycles. The lowest BCUT2D eigenvalue weighted by molar-refractivity contribution is 0.212. The molecule has 0 saturated heterocycles. The van der Waals surface area contributed by atoms with Gasteiger partial charge in [0.15, 0.2) is 0 Å². The van der Waals surface area contributed by atoms with Crippen molar-refractivity contribution in [3.8, 4) is 0 Å². The van der Waals surface area contributed by atoms with Crippen LogP contribution in [0.25, 0.3) is 0 Å². The fourth-order valence-corrected chi connectivity index (χ4v) is 0.564. The minimum absolute atomic E-state index is 0.325. The Hall–Kier alpha value is -0.880. The smallest absolute Gasteiger partial charge is 0.449 e. The summed E-state index contributed by atoms with van der Waals surface area (Å²) in [5.74, 6) is 0. The number of rotatable bonds is 3. The third kappa shape index (κ3) is 2.60. The van der Waals surface area contributed by atoms with Crippen LogP contribution in [-0.4, -0.2) is 25.4 Å². The van der Waals surface area contributed by atoms with Crippen LogP contribution in [0, 0.1) is 0 Å². The van der Waals surface area contributed by atoms with E-state index in [1.54, 1.807) is 0 Å². The summed E-state index contributed by atoms with van der Waals surface area (Å²) in [5.41, 5.74) is 0. The van der Waals surface area contributed by atoms with E-state index in [-0.39, 0.29) is 6.61 Å². The van der Waals surface area contributed by atoms with Crippen LogP contribution >= 0.6 is 0 Å². The standard InChI is InChI=1S/C4H6O5S/c1-2-3-9-10(7,8)4(5)6/h2H,1,3H2,(H,5,6). The maximum absolute atomic E-state index is 10.2. The van der Waals surface area contributed by atoms with Crippen LogP contribution in [0.4, 0.5) is 4.79 Å². The maximum Gasteiger partial charge on any atom is 0.449 e. The van der Waals surface area contributed by atoms with E-state index in [1.807, 2.05) is 0 Å². The van der Waals surface area contributed by atoms with Crippen LogP contribution < -0.4 is 0 Å². The first-order valence-electron chi connectivity index (χ1n) is 2.24. The summed E-state index contributed by atoms with van der Waals surface area (Å²) in [6, 6.07) is 0. The van der Waals surface area contributed by atoms with E-state index in [2.05, 4.69) is 10.8 Å². The van der Waals surface area contributed by atoms with Gasteiger partial charge in [-0.15, -0.1) is 6.58 Å². The van der Waals surface area contributed by atoms with Gasteiger partial charge in [0.25, 0.3) is 0 Å². The summed E-state index contributed by atoms with van der Waals surface area (Å²) in [7, 11) is -4.41. The molecule has 0 radical (unpaired) electrons. The van der Waals surface area contributed by atoms with Gasteiger partial charge in [0.05, 0.1) is 6.61 Å². The second kappa shape index (κ2) is 3.33. The molecule has 0 aromatic heterocycles. The van der Waals surface area contributed by atoms with Gasteiger partial charge in [-0.1, -0.05) is 6.08 Å². The van der Waals surface area contributed by atoms with Crippen LogP contribution in [0.1, 0.15) is 0 Å². The Morgan fingerprint density at radius 3 is 2.50 bits per heavy atom. The van der Waals surface area contributed by atoms with Gasteiger partial charge in [0.2, 0.25) is 0 Å². The predicted molar refractivity (Wildman–Crippen MR) is 33.1 cm³/mol. The predicted octanol–water partition coefficient (Wildman–Crippen LogP) is 0.197. The molecule has 0 rings (SSSR count). The topological polar surface area (TPSA) is 80.7 Å². The molecule has 0 bridgehead atoms. The van der Waals surface area contributed by atoms with E-state index >= 15 is 0 Å². The highest BCUT2D eigenvalue weighted by Gasteiger charge is 2.20. The van der Waals surface area contributed by atoms with Gasteiger partial charge in [-0.05, 0) is 0 Å². The summed E-state index contributed by atoms with van der Waals surface area (Å²) in [6.45, 7) is 2.82. The molecule has 0 aliphatic carbocycles. The van der Waals surface area contributed by atoms with E-state index in [9.17, 15) is 13.2 Å². The van der Waals surface area contributed by atoms with Crippen molar-refractivity contribution in [2.75, 3.05) is 6.61 Å². The average Bonchev–Trinajstić information content (AvgIpc) is 1.84. The van der Waals surface area contributed by atoms with Gasteiger partial charge in [0, 0.05) is 0 Å². The van der Waals surface area contributed by atoms with Crippen molar-refractivity contribution in [1.29, 1.82) is 0 Å². The molecule has 0 amide bonds. The zero-order valence-corrected chi connectivity index (χ0v) is 5.80. The van der Waals surface area contributed by atoms with E-state index in [1.165, 1.54) is 0 Å². The van der Waals surface area contributed by atoms with E-state index in [0.717, 1.165) is 6.08 Å². The van der Waals surface area contributed by atoms with Crippen LogP contribution in [-0.2, 0) is 14.3 Å². The monoisotopic (exact) mass is 166 g/mol. The summed E-state index contributed by atoms with van der Waals surface area (Å²) >= 11 is 0. The van der Waals surface area contributed by atoms with Crippen molar-refractivity contribution >= 4 is 15.4 Å². The van der Waals surface area contributed by atoms with Gasteiger partial charge >= 0.3 is 15.4 Å². The molecule has 6 heteroatoms. The molecule has 0 fully saturated rings. The molecule has 0 unspecified atom stereocenters. The lowest BCUT2D eigenvalue weighted by Crippen LogP contribution is -2.15. The molecule has 0 atom stereocenters. The first kappa shape index (κ1) is 9.12. The Bertz CT molecular complexity index is 226. The Morgan fingerprint density at radius 2 is 2.20 bits per heavy atom. The van der Waals surface area contributed by atoms with Gasteiger partial charge in [-0.3, -0.25) is 4.18 Å². The lowest BCUT2D eigenvalue weighted by atomic mass is 10.7. The van der Waals surface area contributed by atoms with Crippen LogP contribution in [0.5, 0.6) is 0 Å². The largest absolute Gasteiger partial charge is 0.468 e. The van der Waals surface area contributed by atoms with Crippen LogP contribution in [0.2, 0.25) is 0 Å². The van der Waals surface area contributed by atoms with Gasteiger partial charge in [0.1, 0.15) is 0 Å². The van der Waals surface area contributed by atoms with Crippen molar-refractivity contribution in [2.45, 2.75) is 0 Å². The fourth-order valence-electron chi connectivity index (χ4n) is 0.188. The van der Waals surface area contributed by atoms with Crippen LogP contribution in [0.15, 0.2) is 12.7 Å². The Balaban J connectivity index is 4.16. The second-order valence-corrected chi connectivity index (χ2v) is 2.79. The Morgan fingerprint density at radius 1 is 1.70 bits per heavy atom. The first-order valence-corrected chi connectivity index (χ1v) is 3.65. The minimum atomic E-state index is -4.41. The minimum Gasteiger partial charge on any atom is -0.468 e. The number of carboxylic acid groups (broad SMARTS) is 1. The quantitative estimate of drug-likeness (QED) is 0.478. The molecule has 0 heterocycles. The molecular weight excluding hydrogens is 160 g/mol.